The minimum Gasteiger partial charge on any atom is -0.497 e. The quantitative estimate of drug-likeness (QED) is 0.834. The number of carboxylic acid groups (broad SMARTS) is 1. The predicted octanol–water partition coefficient (Wildman–Crippen LogP) is 1.76. The minimum absolute atomic E-state index is 0.257. The smallest absolute Gasteiger partial charge is 0.332 e. The van der Waals surface area contributed by atoms with Gasteiger partial charge in [-0.3, -0.25) is 4.79 Å². The second-order valence-corrected chi connectivity index (χ2v) is 6.43. The third-order valence-electron chi connectivity index (χ3n) is 3.85. The zero-order valence-corrected chi connectivity index (χ0v) is 13.7. The monoisotopic (exact) mass is 321 g/mol. The maximum Gasteiger partial charge on any atom is 0.332 e. The third-order valence-corrected chi connectivity index (χ3v) is 3.85. The first-order chi connectivity index (χ1) is 10.8. The molecule has 1 aliphatic heterocycles. The molecule has 0 unspecified atom stereocenters. The standard InChI is InChI=1S/C17H23NO5/c1-17(2,10-11-4-6-12(22-3)7-5-11)18-15(19)13-8-9-14(23-13)16(20)21/h4-7,13-14H,8-10H2,1-3H3,(H,18,19)(H,20,21)/t13-,14+/m0/s1. The molecule has 6 heteroatoms. The van der Waals surface area contributed by atoms with Crippen molar-refractivity contribution in [2.24, 2.45) is 0 Å². The highest BCUT2D eigenvalue weighted by atomic mass is 16.5. The molecule has 1 aliphatic rings. The van der Waals surface area contributed by atoms with Gasteiger partial charge in [-0.2, -0.15) is 0 Å². The van der Waals surface area contributed by atoms with Crippen molar-refractivity contribution in [2.45, 2.75) is 50.9 Å². The molecule has 0 radical (unpaired) electrons. The lowest BCUT2D eigenvalue weighted by Gasteiger charge is -2.28. The Labute approximate surface area is 135 Å². The summed E-state index contributed by atoms with van der Waals surface area (Å²) >= 11 is 0. The number of aliphatic carboxylic acids is 1. The molecule has 1 fully saturated rings. The largest absolute Gasteiger partial charge is 0.497 e. The van der Waals surface area contributed by atoms with E-state index in [9.17, 15) is 9.59 Å². The number of carboxylic acids is 1. The summed E-state index contributed by atoms with van der Waals surface area (Å²) in [7, 11) is 1.62. The number of carbonyl (C=O) groups excluding carboxylic acids is 1. The Bertz CT molecular complexity index is 567. The molecule has 0 bridgehead atoms. The summed E-state index contributed by atoms with van der Waals surface area (Å²) in [5.74, 6) is -0.486. The Kier molecular flexibility index (Phi) is 5.26. The van der Waals surface area contributed by atoms with Gasteiger partial charge < -0.3 is 19.9 Å². The summed E-state index contributed by atoms with van der Waals surface area (Å²) in [5.41, 5.74) is 0.614. The molecule has 1 heterocycles. The summed E-state index contributed by atoms with van der Waals surface area (Å²) in [6.07, 6.45) is -0.118. The van der Waals surface area contributed by atoms with E-state index >= 15 is 0 Å². The summed E-state index contributed by atoms with van der Waals surface area (Å²) in [6, 6.07) is 7.67. The van der Waals surface area contributed by atoms with Crippen LogP contribution in [0.5, 0.6) is 5.75 Å². The van der Waals surface area contributed by atoms with Crippen LogP contribution in [0, 0.1) is 0 Å². The Balaban J connectivity index is 1.92. The van der Waals surface area contributed by atoms with Crippen molar-refractivity contribution in [2.75, 3.05) is 7.11 Å². The van der Waals surface area contributed by atoms with Gasteiger partial charge in [0.05, 0.1) is 7.11 Å². The van der Waals surface area contributed by atoms with Crippen LogP contribution in [-0.2, 0) is 20.7 Å². The van der Waals surface area contributed by atoms with Crippen LogP contribution in [0.25, 0.3) is 0 Å². The number of amides is 1. The molecule has 1 aromatic carbocycles. The molecule has 0 saturated carbocycles. The van der Waals surface area contributed by atoms with Crippen LogP contribution in [0.1, 0.15) is 32.3 Å². The van der Waals surface area contributed by atoms with Gasteiger partial charge in [0.1, 0.15) is 11.9 Å². The number of hydrogen-bond donors (Lipinski definition) is 2. The molecule has 2 N–H and O–H groups in total. The fourth-order valence-electron chi connectivity index (χ4n) is 2.72. The van der Waals surface area contributed by atoms with E-state index in [1.165, 1.54) is 0 Å². The molecule has 2 atom stereocenters. The van der Waals surface area contributed by atoms with Crippen LogP contribution in [-0.4, -0.2) is 41.8 Å². The lowest BCUT2D eigenvalue weighted by molar-refractivity contribution is -0.152. The van der Waals surface area contributed by atoms with Crippen molar-refractivity contribution in [3.63, 3.8) is 0 Å². The van der Waals surface area contributed by atoms with Crippen molar-refractivity contribution in [1.29, 1.82) is 0 Å². The fraction of sp³-hybridized carbons (Fsp3) is 0.529. The molecule has 1 aromatic rings. The second-order valence-electron chi connectivity index (χ2n) is 6.43. The minimum atomic E-state index is -1.02. The molecule has 23 heavy (non-hydrogen) atoms. The summed E-state index contributed by atoms with van der Waals surface area (Å²) in [5, 5.41) is 11.9. The van der Waals surface area contributed by atoms with E-state index < -0.39 is 23.7 Å². The highest BCUT2D eigenvalue weighted by Crippen LogP contribution is 2.22. The van der Waals surface area contributed by atoms with E-state index in [-0.39, 0.29) is 5.91 Å². The molecule has 126 valence electrons. The third kappa shape index (κ3) is 4.69. The summed E-state index contributed by atoms with van der Waals surface area (Å²) in [6.45, 7) is 3.86. The van der Waals surface area contributed by atoms with Crippen LogP contribution < -0.4 is 10.1 Å². The number of methoxy groups -OCH3 is 1. The molecule has 0 spiro atoms. The second kappa shape index (κ2) is 7.00. The first kappa shape index (κ1) is 17.3. The molecule has 0 aliphatic carbocycles. The Morgan fingerprint density at radius 3 is 2.39 bits per heavy atom. The average molecular weight is 321 g/mol. The van der Waals surface area contributed by atoms with Gasteiger partial charge in [-0.15, -0.1) is 0 Å². The van der Waals surface area contributed by atoms with Crippen LogP contribution >= 0.6 is 0 Å². The van der Waals surface area contributed by atoms with Gasteiger partial charge in [-0.25, -0.2) is 4.79 Å². The lowest BCUT2D eigenvalue weighted by atomic mass is 9.94. The van der Waals surface area contributed by atoms with Gasteiger partial charge in [0.15, 0.2) is 6.10 Å². The van der Waals surface area contributed by atoms with Gasteiger partial charge in [-0.05, 0) is 50.8 Å². The van der Waals surface area contributed by atoms with Crippen molar-refractivity contribution in [3.05, 3.63) is 29.8 Å². The number of nitrogens with one attached hydrogen (secondary N) is 1. The number of rotatable bonds is 6. The van der Waals surface area contributed by atoms with Crippen LogP contribution in [0.4, 0.5) is 0 Å². The first-order valence-electron chi connectivity index (χ1n) is 7.64. The number of carbonyl (C=O) groups is 2. The molecule has 6 nitrogen and oxygen atoms in total. The van der Waals surface area contributed by atoms with E-state index in [1.54, 1.807) is 7.11 Å². The van der Waals surface area contributed by atoms with Crippen LogP contribution in [0.15, 0.2) is 24.3 Å². The van der Waals surface area contributed by atoms with Crippen LogP contribution in [0.3, 0.4) is 0 Å². The van der Waals surface area contributed by atoms with Crippen molar-refractivity contribution < 1.29 is 24.2 Å². The van der Waals surface area contributed by atoms with Crippen molar-refractivity contribution >= 4 is 11.9 Å². The molecular formula is C17H23NO5. The number of hydrogen-bond acceptors (Lipinski definition) is 4. The van der Waals surface area contributed by atoms with E-state index in [4.69, 9.17) is 14.6 Å². The lowest BCUT2D eigenvalue weighted by Crippen LogP contribution is -2.49. The SMILES string of the molecule is COc1ccc(CC(C)(C)NC(=O)[C@@H]2CC[C@H](C(=O)O)O2)cc1. The topological polar surface area (TPSA) is 84.9 Å². The highest BCUT2D eigenvalue weighted by molar-refractivity contribution is 5.83. The number of benzene rings is 1. The van der Waals surface area contributed by atoms with Gasteiger partial charge in [-0.1, -0.05) is 12.1 Å². The Morgan fingerprint density at radius 2 is 1.87 bits per heavy atom. The molecular weight excluding hydrogens is 298 g/mol. The first-order valence-corrected chi connectivity index (χ1v) is 7.64. The van der Waals surface area contributed by atoms with Crippen molar-refractivity contribution in [3.8, 4) is 5.75 Å². The Morgan fingerprint density at radius 1 is 1.26 bits per heavy atom. The van der Waals surface area contributed by atoms with Gasteiger partial charge in [0.25, 0.3) is 0 Å². The fourth-order valence-corrected chi connectivity index (χ4v) is 2.72. The van der Waals surface area contributed by atoms with Gasteiger partial charge in [0, 0.05) is 5.54 Å². The summed E-state index contributed by atoms with van der Waals surface area (Å²) < 4.78 is 10.4. The normalized spacial score (nSPS) is 21.0. The molecule has 1 amide bonds. The van der Waals surface area contributed by atoms with E-state index in [1.807, 2.05) is 38.1 Å². The van der Waals surface area contributed by atoms with Gasteiger partial charge in [0.2, 0.25) is 5.91 Å². The van der Waals surface area contributed by atoms with E-state index in [0.717, 1.165) is 11.3 Å². The number of ether oxygens (including phenoxy) is 2. The zero-order chi connectivity index (χ0) is 17.0. The highest BCUT2D eigenvalue weighted by Gasteiger charge is 2.36. The van der Waals surface area contributed by atoms with Crippen molar-refractivity contribution in [1.82, 2.24) is 5.32 Å². The average Bonchev–Trinajstić information content (AvgIpc) is 2.97. The Hall–Kier alpha value is -2.08. The zero-order valence-electron chi connectivity index (χ0n) is 13.7. The maximum atomic E-state index is 12.3. The van der Waals surface area contributed by atoms with E-state index in [0.29, 0.717) is 19.3 Å². The van der Waals surface area contributed by atoms with Crippen LogP contribution in [0.2, 0.25) is 0 Å². The molecule has 1 saturated heterocycles. The molecule has 0 aromatic heterocycles. The van der Waals surface area contributed by atoms with Gasteiger partial charge >= 0.3 is 5.97 Å². The maximum absolute atomic E-state index is 12.3. The van der Waals surface area contributed by atoms with E-state index in [2.05, 4.69) is 5.32 Å². The predicted molar refractivity (Wildman–Crippen MR) is 84.5 cm³/mol. The molecule has 2 rings (SSSR count). The summed E-state index contributed by atoms with van der Waals surface area (Å²) in [4.78, 5) is 23.2.